The topological polar surface area (TPSA) is 24.5 Å². The average molecular weight is 296 g/mol. The van der Waals surface area contributed by atoms with Gasteiger partial charge in [0.15, 0.2) is 0 Å². The highest BCUT2D eigenvalue weighted by Gasteiger charge is 2.36. The Bertz CT molecular complexity index is 287. The Hall–Kier alpha value is -0.120. The zero-order valence-electron chi connectivity index (χ0n) is 14.6. The summed E-state index contributed by atoms with van der Waals surface area (Å²) in [5, 5.41) is 3.83. The van der Waals surface area contributed by atoms with E-state index < -0.39 is 0 Å². The number of rotatable bonds is 6. The molecule has 1 aliphatic heterocycles. The molecule has 2 fully saturated rings. The fourth-order valence-corrected chi connectivity index (χ4v) is 4.20. The third-order valence-electron chi connectivity index (χ3n) is 5.74. The van der Waals surface area contributed by atoms with Crippen LogP contribution in [0.4, 0.5) is 0 Å². The van der Waals surface area contributed by atoms with E-state index in [2.05, 4.69) is 31.0 Å². The van der Waals surface area contributed by atoms with E-state index in [1.807, 2.05) is 7.11 Å². The van der Waals surface area contributed by atoms with Crippen LogP contribution in [-0.4, -0.2) is 49.8 Å². The van der Waals surface area contributed by atoms with Gasteiger partial charge >= 0.3 is 0 Å². The van der Waals surface area contributed by atoms with Crippen molar-refractivity contribution in [3.63, 3.8) is 0 Å². The van der Waals surface area contributed by atoms with Crippen LogP contribution in [0, 0.1) is 11.8 Å². The zero-order valence-corrected chi connectivity index (χ0v) is 14.6. The maximum Gasteiger partial charge on any atom is 0.0595 e. The van der Waals surface area contributed by atoms with Gasteiger partial charge in [-0.25, -0.2) is 0 Å². The normalized spacial score (nSPS) is 32.7. The van der Waals surface area contributed by atoms with Gasteiger partial charge in [0.25, 0.3) is 0 Å². The average Bonchev–Trinajstić information content (AvgIpc) is 2.52. The minimum atomic E-state index is 0.493. The van der Waals surface area contributed by atoms with Gasteiger partial charge in [-0.3, -0.25) is 4.90 Å². The largest absolute Gasteiger partial charge is 0.381 e. The van der Waals surface area contributed by atoms with E-state index in [9.17, 15) is 0 Å². The highest BCUT2D eigenvalue weighted by molar-refractivity contribution is 4.93. The summed E-state index contributed by atoms with van der Waals surface area (Å²) in [6, 6.07) is 1.45. The van der Waals surface area contributed by atoms with Gasteiger partial charge in [0.2, 0.25) is 0 Å². The van der Waals surface area contributed by atoms with Crippen LogP contribution in [0.2, 0.25) is 0 Å². The Labute approximate surface area is 131 Å². The number of hydrogen-bond donors (Lipinski definition) is 1. The molecular formula is C18H36N2O. The molecule has 0 aromatic heterocycles. The van der Waals surface area contributed by atoms with Crippen molar-refractivity contribution in [3.05, 3.63) is 0 Å². The first-order valence-corrected chi connectivity index (χ1v) is 9.15. The molecule has 1 saturated carbocycles. The lowest BCUT2D eigenvalue weighted by molar-refractivity contribution is 0.00455. The highest BCUT2D eigenvalue weighted by Crippen LogP contribution is 2.34. The number of nitrogens with one attached hydrogen (secondary N) is 1. The summed E-state index contributed by atoms with van der Waals surface area (Å²) in [5.41, 5.74) is 0. The van der Waals surface area contributed by atoms with E-state index in [-0.39, 0.29) is 0 Å². The van der Waals surface area contributed by atoms with Crippen molar-refractivity contribution >= 4 is 0 Å². The predicted molar refractivity (Wildman–Crippen MR) is 89.7 cm³/mol. The third-order valence-corrected chi connectivity index (χ3v) is 5.74. The molecular weight excluding hydrogens is 260 g/mol. The molecule has 0 bridgehead atoms. The van der Waals surface area contributed by atoms with E-state index >= 15 is 0 Å². The standard InChI is InChI=1S/C18H36N2O/c1-5-10-19-17-7-6-15(14(2)3)13-18(17)20-11-8-16(21-4)9-12-20/h14-19H,5-13H2,1-4H3. The first-order chi connectivity index (χ1) is 10.2. The summed E-state index contributed by atoms with van der Waals surface area (Å²) in [4.78, 5) is 2.76. The molecule has 1 heterocycles. The van der Waals surface area contributed by atoms with Gasteiger partial charge in [-0.2, -0.15) is 0 Å². The maximum absolute atomic E-state index is 5.54. The summed E-state index contributed by atoms with van der Waals surface area (Å²) >= 11 is 0. The minimum Gasteiger partial charge on any atom is -0.381 e. The molecule has 3 atom stereocenters. The predicted octanol–water partition coefficient (Wildman–Crippen LogP) is 3.29. The number of likely N-dealkylation sites (tertiary alicyclic amines) is 1. The summed E-state index contributed by atoms with van der Waals surface area (Å²) in [5.74, 6) is 1.74. The Balaban J connectivity index is 1.95. The van der Waals surface area contributed by atoms with Gasteiger partial charge in [-0.1, -0.05) is 20.8 Å². The molecule has 3 unspecified atom stereocenters. The van der Waals surface area contributed by atoms with E-state index in [1.54, 1.807) is 0 Å². The molecule has 3 nitrogen and oxygen atoms in total. The van der Waals surface area contributed by atoms with Crippen LogP contribution in [0.3, 0.4) is 0 Å². The molecule has 3 heteroatoms. The van der Waals surface area contributed by atoms with Gasteiger partial charge in [0.05, 0.1) is 6.10 Å². The van der Waals surface area contributed by atoms with Crippen LogP contribution in [0.1, 0.15) is 59.3 Å². The second-order valence-corrected chi connectivity index (χ2v) is 7.42. The van der Waals surface area contributed by atoms with E-state index in [4.69, 9.17) is 4.74 Å². The zero-order chi connectivity index (χ0) is 15.2. The van der Waals surface area contributed by atoms with Crippen LogP contribution in [0.25, 0.3) is 0 Å². The smallest absolute Gasteiger partial charge is 0.0595 e. The van der Waals surface area contributed by atoms with E-state index in [0.29, 0.717) is 12.1 Å². The Morgan fingerprint density at radius 3 is 2.43 bits per heavy atom. The molecule has 1 aliphatic carbocycles. The van der Waals surface area contributed by atoms with Gasteiger partial charge in [-0.15, -0.1) is 0 Å². The van der Waals surface area contributed by atoms with Crippen LogP contribution in [-0.2, 0) is 4.74 Å². The SMILES string of the molecule is CCCNC1CCC(C(C)C)CC1N1CCC(OC)CC1. The first kappa shape index (κ1) is 17.2. The lowest BCUT2D eigenvalue weighted by Crippen LogP contribution is -2.56. The quantitative estimate of drug-likeness (QED) is 0.814. The van der Waals surface area contributed by atoms with Crippen molar-refractivity contribution in [2.24, 2.45) is 11.8 Å². The molecule has 21 heavy (non-hydrogen) atoms. The van der Waals surface area contributed by atoms with Gasteiger partial charge < -0.3 is 10.1 Å². The Morgan fingerprint density at radius 2 is 1.86 bits per heavy atom. The lowest BCUT2D eigenvalue weighted by atomic mass is 9.76. The van der Waals surface area contributed by atoms with Crippen LogP contribution < -0.4 is 5.32 Å². The number of nitrogens with zero attached hydrogens (tertiary/aromatic N) is 1. The number of methoxy groups -OCH3 is 1. The van der Waals surface area contributed by atoms with Crippen LogP contribution >= 0.6 is 0 Å². The molecule has 0 aromatic carbocycles. The molecule has 1 N–H and O–H groups in total. The lowest BCUT2D eigenvalue weighted by Gasteiger charge is -2.46. The molecule has 124 valence electrons. The molecule has 0 aromatic rings. The molecule has 2 aliphatic rings. The maximum atomic E-state index is 5.54. The van der Waals surface area contributed by atoms with E-state index in [0.717, 1.165) is 17.9 Å². The number of hydrogen-bond acceptors (Lipinski definition) is 3. The molecule has 0 radical (unpaired) electrons. The van der Waals surface area contributed by atoms with Gasteiger partial charge in [-0.05, 0) is 56.9 Å². The van der Waals surface area contributed by atoms with Gasteiger partial charge in [0.1, 0.15) is 0 Å². The molecule has 0 spiro atoms. The summed E-state index contributed by atoms with van der Waals surface area (Å²) in [6.07, 6.45) is 8.30. The highest BCUT2D eigenvalue weighted by atomic mass is 16.5. The second-order valence-electron chi connectivity index (χ2n) is 7.42. The van der Waals surface area contributed by atoms with Crippen molar-refractivity contribution in [2.45, 2.75) is 77.5 Å². The molecule has 2 rings (SSSR count). The van der Waals surface area contributed by atoms with Crippen molar-refractivity contribution < 1.29 is 4.74 Å². The van der Waals surface area contributed by atoms with Crippen LogP contribution in [0.5, 0.6) is 0 Å². The Morgan fingerprint density at radius 1 is 1.14 bits per heavy atom. The van der Waals surface area contributed by atoms with E-state index in [1.165, 1.54) is 58.2 Å². The summed E-state index contributed by atoms with van der Waals surface area (Å²) in [7, 11) is 1.86. The first-order valence-electron chi connectivity index (χ1n) is 9.15. The summed E-state index contributed by atoms with van der Waals surface area (Å²) in [6.45, 7) is 10.7. The van der Waals surface area contributed by atoms with Crippen molar-refractivity contribution in [1.29, 1.82) is 0 Å². The van der Waals surface area contributed by atoms with Gasteiger partial charge in [0, 0.05) is 32.3 Å². The fourth-order valence-electron chi connectivity index (χ4n) is 4.20. The monoisotopic (exact) mass is 296 g/mol. The second kappa shape index (κ2) is 8.50. The van der Waals surface area contributed by atoms with Crippen molar-refractivity contribution in [2.75, 3.05) is 26.7 Å². The van der Waals surface area contributed by atoms with Crippen LogP contribution in [0.15, 0.2) is 0 Å². The molecule has 0 amide bonds. The third kappa shape index (κ3) is 4.67. The van der Waals surface area contributed by atoms with Crippen molar-refractivity contribution in [1.82, 2.24) is 10.2 Å². The minimum absolute atomic E-state index is 0.493. The number of ether oxygens (including phenoxy) is 1. The Kier molecular flexibility index (Phi) is 6.97. The fraction of sp³-hybridized carbons (Fsp3) is 1.00. The summed E-state index contributed by atoms with van der Waals surface area (Å²) < 4.78 is 5.54. The molecule has 1 saturated heterocycles. The van der Waals surface area contributed by atoms with Crippen molar-refractivity contribution in [3.8, 4) is 0 Å². The number of piperidine rings is 1.